The average Bonchev–Trinajstić information content (AvgIpc) is 2.37. The summed E-state index contributed by atoms with van der Waals surface area (Å²) in [6, 6.07) is -1.43. The maximum Gasteiger partial charge on any atom is 0.320 e. The van der Waals surface area contributed by atoms with Gasteiger partial charge in [0.05, 0.1) is 23.7 Å². The first-order chi connectivity index (χ1) is 6.74. The minimum atomic E-state index is -3.23. The second-order valence-electron chi connectivity index (χ2n) is 3.89. The van der Waals surface area contributed by atoms with E-state index in [-0.39, 0.29) is 11.5 Å². The monoisotopic (exact) mass is 237 g/mol. The number of carboxylic acids is 1. The zero-order chi connectivity index (χ0) is 11.8. The van der Waals surface area contributed by atoms with Crippen molar-refractivity contribution in [1.82, 2.24) is 4.90 Å². The van der Waals surface area contributed by atoms with Gasteiger partial charge in [0.1, 0.15) is 6.04 Å². The van der Waals surface area contributed by atoms with E-state index in [0.717, 1.165) is 0 Å². The molecule has 7 heteroatoms. The van der Waals surface area contributed by atoms with Gasteiger partial charge in [-0.15, -0.1) is 0 Å². The fourth-order valence-corrected chi connectivity index (χ4v) is 3.52. The van der Waals surface area contributed by atoms with Gasteiger partial charge in [-0.25, -0.2) is 8.42 Å². The molecule has 0 bridgehead atoms. The van der Waals surface area contributed by atoms with Gasteiger partial charge < -0.3 is 10.2 Å². The maximum atomic E-state index is 11.2. The standard InChI is InChI=1S/C8H15NO5S/c1-5(8(11)12)9(2)6-3-15(13,14)4-7(6)10/h5-7,10H,3-4H2,1-2H3,(H,11,12). The lowest BCUT2D eigenvalue weighted by atomic mass is 10.1. The summed E-state index contributed by atoms with van der Waals surface area (Å²) in [5, 5.41) is 18.3. The van der Waals surface area contributed by atoms with Crippen molar-refractivity contribution in [3.63, 3.8) is 0 Å². The largest absolute Gasteiger partial charge is 0.480 e. The molecule has 0 aromatic rings. The van der Waals surface area contributed by atoms with Crippen LogP contribution in [0.1, 0.15) is 6.92 Å². The van der Waals surface area contributed by atoms with E-state index in [4.69, 9.17) is 5.11 Å². The van der Waals surface area contributed by atoms with E-state index in [9.17, 15) is 18.3 Å². The molecule has 1 fully saturated rings. The molecule has 0 saturated carbocycles. The fourth-order valence-electron chi connectivity index (χ4n) is 1.66. The highest BCUT2D eigenvalue weighted by molar-refractivity contribution is 7.91. The Balaban J connectivity index is 2.78. The first kappa shape index (κ1) is 12.4. The molecule has 0 amide bonds. The summed E-state index contributed by atoms with van der Waals surface area (Å²) in [5.41, 5.74) is 0. The maximum absolute atomic E-state index is 11.2. The number of aliphatic hydroxyl groups excluding tert-OH is 1. The number of sulfone groups is 1. The van der Waals surface area contributed by atoms with Gasteiger partial charge in [0.25, 0.3) is 0 Å². The molecule has 3 unspecified atom stereocenters. The number of aliphatic hydroxyl groups is 1. The second kappa shape index (κ2) is 4.07. The number of carboxylic acid groups (broad SMARTS) is 1. The van der Waals surface area contributed by atoms with Crippen LogP contribution in [-0.4, -0.2) is 66.2 Å². The van der Waals surface area contributed by atoms with Crippen LogP contribution in [0, 0.1) is 0 Å². The third-order valence-corrected chi connectivity index (χ3v) is 4.48. The smallest absolute Gasteiger partial charge is 0.320 e. The van der Waals surface area contributed by atoms with Gasteiger partial charge >= 0.3 is 5.97 Å². The van der Waals surface area contributed by atoms with E-state index >= 15 is 0 Å². The van der Waals surface area contributed by atoms with Crippen LogP contribution in [0.5, 0.6) is 0 Å². The molecular weight excluding hydrogens is 222 g/mol. The molecule has 88 valence electrons. The molecule has 0 aromatic carbocycles. The van der Waals surface area contributed by atoms with E-state index in [1.807, 2.05) is 0 Å². The number of likely N-dealkylation sites (N-methyl/N-ethyl adjacent to an activating group) is 1. The van der Waals surface area contributed by atoms with Crippen molar-refractivity contribution in [1.29, 1.82) is 0 Å². The number of hydrogen-bond donors (Lipinski definition) is 2. The molecule has 1 rings (SSSR count). The summed E-state index contributed by atoms with van der Waals surface area (Å²) in [5.74, 6) is -1.50. The lowest BCUT2D eigenvalue weighted by molar-refractivity contribution is -0.143. The first-order valence-electron chi connectivity index (χ1n) is 4.58. The number of hydrogen-bond acceptors (Lipinski definition) is 5. The highest BCUT2D eigenvalue weighted by atomic mass is 32.2. The minimum Gasteiger partial charge on any atom is -0.480 e. The fraction of sp³-hybridized carbons (Fsp3) is 0.875. The van der Waals surface area contributed by atoms with E-state index in [0.29, 0.717) is 0 Å². The molecule has 0 aliphatic carbocycles. The van der Waals surface area contributed by atoms with Gasteiger partial charge in [-0.1, -0.05) is 0 Å². The molecule has 0 spiro atoms. The summed E-state index contributed by atoms with van der Waals surface area (Å²) >= 11 is 0. The molecule has 1 aliphatic heterocycles. The lowest BCUT2D eigenvalue weighted by Crippen LogP contribution is -2.48. The van der Waals surface area contributed by atoms with Crippen molar-refractivity contribution in [3.05, 3.63) is 0 Å². The second-order valence-corrected chi connectivity index (χ2v) is 6.05. The highest BCUT2D eigenvalue weighted by Crippen LogP contribution is 2.19. The molecule has 3 atom stereocenters. The van der Waals surface area contributed by atoms with Gasteiger partial charge in [0.2, 0.25) is 0 Å². The summed E-state index contributed by atoms with van der Waals surface area (Å²) in [6.07, 6.45) is -0.998. The van der Waals surface area contributed by atoms with E-state index in [2.05, 4.69) is 0 Å². The summed E-state index contributed by atoms with van der Waals surface area (Å²) < 4.78 is 22.4. The van der Waals surface area contributed by atoms with Gasteiger partial charge in [0.15, 0.2) is 9.84 Å². The lowest BCUT2D eigenvalue weighted by Gasteiger charge is -2.28. The van der Waals surface area contributed by atoms with Crippen molar-refractivity contribution in [2.24, 2.45) is 0 Å². The van der Waals surface area contributed by atoms with Gasteiger partial charge in [-0.3, -0.25) is 9.69 Å². The van der Waals surface area contributed by atoms with Gasteiger partial charge in [-0.05, 0) is 14.0 Å². The van der Waals surface area contributed by atoms with E-state index in [1.54, 1.807) is 0 Å². The predicted molar refractivity (Wildman–Crippen MR) is 53.3 cm³/mol. The third kappa shape index (κ3) is 2.67. The van der Waals surface area contributed by atoms with E-state index in [1.165, 1.54) is 18.9 Å². The first-order valence-corrected chi connectivity index (χ1v) is 6.40. The van der Waals surface area contributed by atoms with Crippen LogP contribution in [0.25, 0.3) is 0 Å². The Morgan fingerprint density at radius 3 is 2.33 bits per heavy atom. The average molecular weight is 237 g/mol. The van der Waals surface area contributed by atoms with Crippen LogP contribution in [-0.2, 0) is 14.6 Å². The Kier molecular flexibility index (Phi) is 3.37. The summed E-state index contributed by atoms with van der Waals surface area (Å²) in [7, 11) is -1.73. The molecule has 6 nitrogen and oxygen atoms in total. The van der Waals surface area contributed by atoms with Gasteiger partial charge in [-0.2, -0.15) is 0 Å². The Labute approximate surface area is 88.4 Å². The quantitative estimate of drug-likeness (QED) is 0.623. The Hall–Kier alpha value is -0.660. The molecule has 1 heterocycles. The Bertz CT molecular complexity index is 352. The van der Waals surface area contributed by atoms with E-state index < -0.39 is 34.0 Å². The molecule has 1 saturated heterocycles. The van der Waals surface area contributed by atoms with Crippen molar-refractivity contribution in [2.45, 2.75) is 25.1 Å². The van der Waals surface area contributed by atoms with Crippen LogP contribution >= 0.6 is 0 Å². The van der Waals surface area contributed by atoms with Crippen LogP contribution in [0.15, 0.2) is 0 Å². The Morgan fingerprint density at radius 2 is 2.00 bits per heavy atom. The highest BCUT2D eigenvalue weighted by Gasteiger charge is 2.41. The summed E-state index contributed by atoms with van der Waals surface area (Å²) in [4.78, 5) is 12.1. The minimum absolute atomic E-state index is 0.178. The SMILES string of the molecule is CC(C(=O)O)N(C)C1CS(=O)(=O)CC1O. The van der Waals surface area contributed by atoms with Crippen LogP contribution < -0.4 is 0 Å². The van der Waals surface area contributed by atoms with Crippen molar-refractivity contribution in [2.75, 3.05) is 18.6 Å². The zero-order valence-corrected chi connectivity index (χ0v) is 9.44. The number of rotatable bonds is 3. The molecule has 15 heavy (non-hydrogen) atoms. The normalized spacial score (nSPS) is 31.7. The zero-order valence-electron chi connectivity index (χ0n) is 8.62. The predicted octanol–water partition coefficient (Wildman–Crippen LogP) is -1.45. The Morgan fingerprint density at radius 1 is 1.47 bits per heavy atom. The topological polar surface area (TPSA) is 94.9 Å². The molecule has 0 aromatic heterocycles. The number of nitrogens with zero attached hydrogens (tertiary/aromatic N) is 1. The van der Waals surface area contributed by atoms with Crippen LogP contribution in [0.4, 0.5) is 0 Å². The van der Waals surface area contributed by atoms with Crippen LogP contribution in [0.3, 0.4) is 0 Å². The van der Waals surface area contributed by atoms with Crippen molar-refractivity contribution < 1.29 is 23.4 Å². The number of carbonyl (C=O) groups is 1. The molecule has 0 radical (unpaired) electrons. The van der Waals surface area contributed by atoms with Gasteiger partial charge in [0, 0.05) is 0 Å². The molecular formula is C8H15NO5S. The van der Waals surface area contributed by atoms with Crippen molar-refractivity contribution >= 4 is 15.8 Å². The summed E-state index contributed by atoms with van der Waals surface area (Å²) in [6.45, 7) is 1.46. The molecule has 1 aliphatic rings. The number of aliphatic carboxylic acids is 1. The molecule has 2 N–H and O–H groups in total. The third-order valence-electron chi connectivity index (χ3n) is 2.78. The van der Waals surface area contributed by atoms with Crippen molar-refractivity contribution in [3.8, 4) is 0 Å². The van der Waals surface area contributed by atoms with Crippen LogP contribution in [0.2, 0.25) is 0 Å².